The standard InChI is InChI=1S/C26H34N4O2/c1-7-13-30-24-12-11-20(14-23(24)19(2)16-26(30,3)4)17-27-28-25(31)18-32-22-10-8-9-21(15-22)29(5)6/h8-12,14-17H,7,13,18H2,1-6H3,(H,28,31)/b27-17+. The first-order chi connectivity index (χ1) is 15.2. The van der Waals surface area contributed by atoms with Gasteiger partial charge in [-0.05, 0) is 62.6 Å². The van der Waals surface area contributed by atoms with Crippen LogP contribution in [0.4, 0.5) is 11.4 Å². The van der Waals surface area contributed by atoms with Gasteiger partial charge in [-0.2, -0.15) is 5.10 Å². The maximum Gasteiger partial charge on any atom is 0.277 e. The third kappa shape index (κ3) is 5.49. The molecule has 6 nitrogen and oxygen atoms in total. The third-order valence-electron chi connectivity index (χ3n) is 5.56. The van der Waals surface area contributed by atoms with Crippen molar-refractivity contribution in [3.8, 4) is 5.75 Å². The molecule has 2 aromatic rings. The van der Waals surface area contributed by atoms with E-state index >= 15 is 0 Å². The van der Waals surface area contributed by atoms with Gasteiger partial charge < -0.3 is 14.5 Å². The normalized spacial score (nSPS) is 14.7. The van der Waals surface area contributed by atoms with Crippen LogP contribution in [0, 0.1) is 0 Å². The van der Waals surface area contributed by atoms with Gasteiger partial charge in [0.25, 0.3) is 5.91 Å². The van der Waals surface area contributed by atoms with E-state index in [1.807, 2.05) is 49.3 Å². The molecule has 0 fully saturated rings. The number of nitrogens with one attached hydrogen (secondary N) is 1. The minimum absolute atomic E-state index is 0.0112. The minimum Gasteiger partial charge on any atom is -0.484 e. The Hall–Kier alpha value is -3.28. The monoisotopic (exact) mass is 434 g/mol. The average molecular weight is 435 g/mol. The number of anilines is 2. The number of rotatable bonds is 8. The van der Waals surface area contributed by atoms with Crippen LogP contribution in [0.5, 0.6) is 5.75 Å². The molecule has 1 amide bonds. The van der Waals surface area contributed by atoms with E-state index in [1.54, 1.807) is 6.21 Å². The van der Waals surface area contributed by atoms with Crippen molar-refractivity contribution in [3.63, 3.8) is 0 Å². The van der Waals surface area contributed by atoms with Gasteiger partial charge in [-0.1, -0.05) is 25.1 Å². The molecule has 1 aliphatic rings. The number of hydrazone groups is 1. The fourth-order valence-electron chi connectivity index (χ4n) is 4.02. The van der Waals surface area contributed by atoms with Crippen LogP contribution in [0.2, 0.25) is 0 Å². The van der Waals surface area contributed by atoms with E-state index in [4.69, 9.17) is 4.74 Å². The molecule has 0 atom stereocenters. The summed E-state index contributed by atoms with van der Waals surface area (Å²) < 4.78 is 5.58. The van der Waals surface area contributed by atoms with Crippen LogP contribution in [-0.4, -0.2) is 44.9 Å². The second kappa shape index (κ2) is 9.90. The lowest BCUT2D eigenvalue weighted by atomic mass is 9.88. The summed E-state index contributed by atoms with van der Waals surface area (Å²) >= 11 is 0. The number of allylic oxidation sites excluding steroid dienone is 1. The summed E-state index contributed by atoms with van der Waals surface area (Å²) in [5, 5.41) is 4.11. The predicted octanol–water partition coefficient (Wildman–Crippen LogP) is 4.69. The molecular weight excluding hydrogens is 400 g/mol. The van der Waals surface area contributed by atoms with E-state index in [0.717, 1.165) is 24.2 Å². The van der Waals surface area contributed by atoms with Gasteiger partial charge in [-0.25, -0.2) is 5.43 Å². The lowest BCUT2D eigenvalue weighted by Gasteiger charge is -2.43. The number of fused-ring (bicyclic) bond motifs is 1. The fraction of sp³-hybridized carbons (Fsp3) is 0.385. The molecule has 1 heterocycles. The van der Waals surface area contributed by atoms with Gasteiger partial charge in [0.2, 0.25) is 0 Å². The Kier molecular flexibility index (Phi) is 7.23. The molecule has 0 saturated carbocycles. The molecule has 0 bridgehead atoms. The van der Waals surface area contributed by atoms with Crippen molar-refractivity contribution in [2.45, 2.75) is 39.7 Å². The Labute approximate surface area is 191 Å². The van der Waals surface area contributed by atoms with Crippen LogP contribution in [-0.2, 0) is 4.79 Å². The summed E-state index contributed by atoms with van der Waals surface area (Å²) in [4.78, 5) is 16.5. The third-order valence-corrected chi connectivity index (χ3v) is 5.56. The number of hydrogen-bond acceptors (Lipinski definition) is 5. The fourth-order valence-corrected chi connectivity index (χ4v) is 4.02. The lowest BCUT2D eigenvalue weighted by molar-refractivity contribution is -0.123. The Morgan fingerprint density at radius 2 is 2.00 bits per heavy atom. The summed E-state index contributed by atoms with van der Waals surface area (Å²) in [6.45, 7) is 9.76. The van der Waals surface area contributed by atoms with Crippen molar-refractivity contribution < 1.29 is 9.53 Å². The number of carbonyl (C=O) groups excluding carboxylic acids is 1. The molecule has 0 aromatic heterocycles. The molecule has 0 spiro atoms. The SMILES string of the molecule is CCCN1c2ccc(/C=N/NC(=O)COc3cccc(N(C)C)c3)cc2C(C)=CC1(C)C. The van der Waals surface area contributed by atoms with Gasteiger partial charge in [0.1, 0.15) is 5.75 Å². The van der Waals surface area contributed by atoms with Gasteiger partial charge in [0.15, 0.2) is 6.61 Å². The van der Waals surface area contributed by atoms with E-state index < -0.39 is 0 Å². The second-order valence-electron chi connectivity index (χ2n) is 8.88. The van der Waals surface area contributed by atoms with Crippen LogP contribution in [0.1, 0.15) is 45.2 Å². The zero-order valence-corrected chi connectivity index (χ0v) is 20.0. The molecule has 170 valence electrons. The topological polar surface area (TPSA) is 57.2 Å². The van der Waals surface area contributed by atoms with Crippen molar-refractivity contribution in [3.05, 3.63) is 59.7 Å². The number of hydrogen-bond donors (Lipinski definition) is 1. The van der Waals surface area contributed by atoms with Gasteiger partial charge in [0, 0.05) is 43.6 Å². The number of carbonyl (C=O) groups is 1. The maximum absolute atomic E-state index is 12.1. The molecule has 2 aromatic carbocycles. The summed E-state index contributed by atoms with van der Waals surface area (Å²) in [5.74, 6) is 0.341. The summed E-state index contributed by atoms with van der Waals surface area (Å²) in [7, 11) is 3.92. The number of benzene rings is 2. The molecule has 3 rings (SSSR count). The molecule has 32 heavy (non-hydrogen) atoms. The predicted molar refractivity (Wildman–Crippen MR) is 134 cm³/mol. The molecule has 1 N–H and O–H groups in total. The van der Waals surface area contributed by atoms with Crippen LogP contribution in [0.3, 0.4) is 0 Å². The largest absolute Gasteiger partial charge is 0.484 e. The minimum atomic E-state index is -0.304. The number of nitrogens with zero attached hydrogens (tertiary/aromatic N) is 3. The molecule has 6 heteroatoms. The highest BCUT2D eigenvalue weighted by atomic mass is 16.5. The van der Waals surface area contributed by atoms with Gasteiger partial charge in [0.05, 0.1) is 11.8 Å². The van der Waals surface area contributed by atoms with E-state index in [1.165, 1.54) is 16.8 Å². The van der Waals surface area contributed by atoms with Crippen LogP contribution in [0.15, 0.2) is 53.6 Å². The zero-order chi connectivity index (χ0) is 23.3. The summed E-state index contributed by atoms with van der Waals surface area (Å²) in [5.41, 5.74) is 8.18. The first-order valence-corrected chi connectivity index (χ1v) is 11.0. The highest BCUT2D eigenvalue weighted by Crippen LogP contribution is 2.39. The first-order valence-electron chi connectivity index (χ1n) is 11.0. The van der Waals surface area contributed by atoms with E-state index in [-0.39, 0.29) is 18.1 Å². The lowest BCUT2D eigenvalue weighted by Crippen LogP contribution is -2.45. The molecule has 0 saturated heterocycles. The van der Waals surface area contributed by atoms with Gasteiger partial charge in [-0.3, -0.25) is 4.79 Å². The van der Waals surface area contributed by atoms with Crippen molar-refractivity contribution in [2.24, 2.45) is 5.10 Å². The van der Waals surface area contributed by atoms with Crippen LogP contribution in [0.25, 0.3) is 5.57 Å². The molecule has 0 aliphatic carbocycles. The van der Waals surface area contributed by atoms with Crippen molar-refractivity contribution >= 4 is 29.1 Å². The molecule has 0 radical (unpaired) electrons. The van der Waals surface area contributed by atoms with E-state index in [2.05, 4.69) is 61.3 Å². The van der Waals surface area contributed by atoms with E-state index in [0.29, 0.717) is 5.75 Å². The average Bonchev–Trinajstić information content (AvgIpc) is 2.75. The van der Waals surface area contributed by atoms with Crippen LogP contribution < -0.4 is 20.0 Å². The molecule has 1 aliphatic heterocycles. The number of ether oxygens (including phenoxy) is 1. The first kappa shape index (κ1) is 23.4. The quantitative estimate of drug-likeness (QED) is 0.484. The Morgan fingerprint density at radius 1 is 1.22 bits per heavy atom. The Balaban J connectivity index is 1.62. The zero-order valence-electron chi connectivity index (χ0n) is 20.0. The summed E-state index contributed by atoms with van der Waals surface area (Å²) in [6, 6.07) is 13.9. The molecular formula is C26H34N4O2. The second-order valence-corrected chi connectivity index (χ2v) is 8.88. The van der Waals surface area contributed by atoms with Crippen LogP contribution >= 0.6 is 0 Å². The van der Waals surface area contributed by atoms with Crippen molar-refractivity contribution in [1.82, 2.24) is 5.43 Å². The molecule has 0 unspecified atom stereocenters. The maximum atomic E-state index is 12.1. The Morgan fingerprint density at radius 3 is 2.72 bits per heavy atom. The van der Waals surface area contributed by atoms with E-state index in [9.17, 15) is 4.79 Å². The smallest absolute Gasteiger partial charge is 0.277 e. The Bertz CT molecular complexity index is 1020. The highest BCUT2D eigenvalue weighted by molar-refractivity contribution is 5.88. The van der Waals surface area contributed by atoms with Gasteiger partial charge in [-0.15, -0.1) is 0 Å². The van der Waals surface area contributed by atoms with Crippen molar-refractivity contribution in [1.29, 1.82) is 0 Å². The highest BCUT2D eigenvalue weighted by Gasteiger charge is 2.30. The number of amides is 1. The van der Waals surface area contributed by atoms with Crippen molar-refractivity contribution in [2.75, 3.05) is 37.0 Å². The van der Waals surface area contributed by atoms with Gasteiger partial charge >= 0.3 is 0 Å². The summed E-state index contributed by atoms with van der Waals surface area (Å²) in [6.07, 6.45) is 5.07.